The molecule has 1 aliphatic heterocycles. The van der Waals surface area contributed by atoms with Crippen LogP contribution in [0.15, 0.2) is 48.5 Å². The molecule has 2 unspecified atom stereocenters. The molecule has 0 aliphatic carbocycles. The summed E-state index contributed by atoms with van der Waals surface area (Å²) in [5.41, 5.74) is 0.932. The van der Waals surface area contributed by atoms with E-state index in [-0.39, 0.29) is 31.7 Å². The molecule has 0 aromatic heterocycles. The molecule has 32 heavy (non-hydrogen) atoms. The summed E-state index contributed by atoms with van der Waals surface area (Å²) in [5.74, 6) is -1.72. The van der Waals surface area contributed by atoms with Crippen LogP contribution in [0.4, 0.5) is 27.6 Å². The molecule has 0 spiro atoms. The Balaban J connectivity index is 1.69. The fourth-order valence-electron chi connectivity index (χ4n) is 3.67. The lowest BCUT2D eigenvalue weighted by Gasteiger charge is -2.26. The van der Waals surface area contributed by atoms with E-state index >= 15 is 0 Å². The first kappa shape index (κ1) is 23.6. The van der Waals surface area contributed by atoms with Crippen LogP contribution in [0.3, 0.4) is 0 Å². The molecular formula is C22H22F5NO4. The van der Waals surface area contributed by atoms with Gasteiger partial charge in [0.15, 0.2) is 0 Å². The highest BCUT2D eigenvalue weighted by atomic mass is 19.4. The molecule has 174 valence electrons. The third kappa shape index (κ3) is 6.02. The molecule has 10 heteroatoms. The van der Waals surface area contributed by atoms with E-state index in [0.29, 0.717) is 17.0 Å². The maximum absolute atomic E-state index is 13.3. The van der Waals surface area contributed by atoms with Crippen LogP contribution in [0.2, 0.25) is 0 Å². The highest BCUT2D eigenvalue weighted by Gasteiger charge is 2.48. The Bertz CT molecular complexity index is 904. The summed E-state index contributed by atoms with van der Waals surface area (Å²) in [5, 5.41) is 0. The largest absolute Gasteiger partial charge is 0.489 e. The maximum atomic E-state index is 13.3. The number of carbonyl (C=O) groups is 1. The Morgan fingerprint density at radius 2 is 1.81 bits per heavy atom. The number of hydrogen-bond donors (Lipinski definition) is 0. The number of alkyl halides is 5. The van der Waals surface area contributed by atoms with Crippen molar-refractivity contribution in [3.8, 4) is 11.5 Å². The predicted octanol–water partition coefficient (Wildman–Crippen LogP) is 5.19. The highest BCUT2D eigenvalue weighted by Crippen LogP contribution is 2.40. The zero-order valence-corrected chi connectivity index (χ0v) is 17.1. The van der Waals surface area contributed by atoms with Gasteiger partial charge in [-0.25, -0.2) is 0 Å². The number of esters is 1. The quantitative estimate of drug-likeness (QED) is 0.402. The number of methoxy groups -OCH3 is 1. The van der Waals surface area contributed by atoms with Crippen molar-refractivity contribution < 1.29 is 41.0 Å². The number of hydrogen-bond acceptors (Lipinski definition) is 5. The minimum Gasteiger partial charge on any atom is -0.489 e. The van der Waals surface area contributed by atoms with Crippen molar-refractivity contribution in [1.29, 1.82) is 0 Å². The molecule has 0 amide bonds. The van der Waals surface area contributed by atoms with Gasteiger partial charge in [-0.1, -0.05) is 18.2 Å². The van der Waals surface area contributed by atoms with E-state index in [0.717, 1.165) is 0 Å². The smallest absolute Gasteiger partial charge is 0.393 e. The molecule has 1 saturated heterocycles. The predicted molar refractivity (Wildman–Crippen MR) is 106 cm³/mol. The van der Waals surface area contributed by atoms with Crippen molar-refractivity contribution in [3.63, 3.8) is 0 Å². The number of carbonyl (C=O) groups excluding carboxylic acids is 1. The van der Waals surface area contributed by atoms with Gasteiger partial charge < -0.3 is 19.1 Å². The summed E-state index contributed by atoms with van der Waals surface area (Å²) in [6.45, 7) is -3.26. The van der Waals surface area contributed by atoms with Crippen molar-refractivity contribution >= 4 is 11.7 Å². The van der Waals surface area contributed by atoms with Crippen LogP contribution >= 0.6 is 0 Å². The van der Waals surface area contributed by atoms with E-state index in [9.17, 15) is 26.7 Å². The van der Waals surface area contributed by atoms with E-state index in [1.165, 1.54) is 13.2 Å². The molecule has 1 fully saturated rings. The van der Waals surface area contributed by atoms with Gasteiger partial charge in [-0.3, -0.25) is 4.79 Å². The van der Waals surface area contributed by atoms with Crippen LogP contribution in [0, 0.1) is 5.92 Å². The Kier molecular flexibility index (Phi) is 7.42. The molecule has 0 saturated carbocycles. The summed E-state index contributed by atoms with van der Waals surface area (Å²) in [6, 6.07) is 11.9. The van der Waals surface area contributed by atoms with Crippen molar-refractivity contribution in [2.45, 2.75) is 38.3 Å². The Morgan fingerprint density at radius 3 is 2.44 bits per heavy atom. The van der Waals surface area contributed by atoms with E-state index in [2.05, 4.69) is 9.47 Å². The van der Waals surface area contributed by atoms with Crippen molar-refractivity contribution in [3.05, 3.63) is 54.1 Å². The van der Waals surface area contributed by atoms with Gasteiger partial charge in [0.05, 0.1) is 19.4 Å². The summed E-state index contributed by atoms with van der Waals surface area (Å²) in [6.07, 6.45) is -4.71. The fraction of sp³-hybridized carbons (Fsp3) is 0.409. The average molecular weight is 459 g/mol. The number of halogens is 5. The zero-order chi connectivity index (χ0) is 23.3. The lowest BCUT2D eigenvalue weighted by molar-refractivity contribution is -0.169. The van der Waals surface area contributed by atoms with Gasteiger partial charge in [-0.2, -0.15) is 22.0 Å². The van der Waals surface area contributed by atoms with E-state index in [1.54, 1.807) is 47.4 Å². The standard InChI is InChI=1S/C22H22F5NO4/c1-30-20(29)11-17-10-15(22(25,26)27)12-28(17)16-6-8-18(9-7-16)31-13-14-4-2-3-5-19(14)32-21(23)24/h2-9,15,17,21H,10-13H2,1H3. The van der Waals surface area contributed by atoms with Gasteiger partial charge in [-0.15, -0.1) is 0 Å². The van der Waals surface area contributed by atoms with E-state index in [1.807, 2.05) is 0 Å². The zero-order valence-electron chi connectivity index (χ0n) is 17.1. The molecule has 0 bridgehead atoms. The number of nitrogens with zero attached hydrogens (tertiary/aromatic N) is 1. The van der Waals surface area contributed by atoms with Crippen molar-refractivity contribution in [2.75, 3.05) is 18.6 Å². The van der Waals surface area contributed by atoms with E-state index in [4.69, 9.17) is 4.74 Å². The number of ether oxygens (including phenoxy) is 3. The molecule has 2 aromatic carbocycles. The maximum Gasteiger partial charge on any atom is 0.393 e. The molecule has 0 radical (unpaired) electrons. The first-order chi connectivity index (χ1) is 15.2. The molecule has 2 atom stereocenters. The van der Waals surface area contributed by atoms with Gasteiger partial charge >= 0.3 is 18.8 Å². The van der Waals surface area contributed by atoms with Crippen LogP contribution in [0.5, 0.6) is 11.5 Å². The van der Waals surface area contributed by atoms with Gasteiger partial charge in [0, 0.05) is 23.8 Å². The van der Waals surface area contributed by atoms with Crippen LogP contribution in [0.25, 0.3) is 0 Å². The normalized spacial score (nSPS) is 18.7. The van der Waals surface area contributed by atoms with Crippen LogP contribution in [0.1, 0.15) is 18.4 Å². The molecule has 1 aliphatic rings. The fourth-order valence-corrected chi connectivity index (χ4v) is 3.67. The molecular weight excluding hydrogens is 437 g/mol. The lowest BCUT2D eigenvalue weighted by Crippen LogP contribution is -2.32. The van der Waals surface area contributed by atoms with Gasteiger partial charge in [0.2, 0.25) is 0 Å². The van der Waals surface area contributed by atoms with Gasteiger partial charge in [0.25, 0.3) is 0 Å². The summed E-state index contributed by atoms with van der Waals surface area (Å²) < 4.78 is 79.5. The average Bonchev–Trinajstić information content (AvgIpc) is 3.17. The number of anilines is 1. The second-order valence-corrected chi connectivity index (χ2v) is 7.33. The lowest BCUT2D eigenvalue weighted by atomic mass is 10.0. The Labute approximate surface area is 181 Å². The number of rotatable bonds is 8. The van der Waals surface area contributed by atoms with Crippen LogP contribution in [-0.2, 0) is 16.1 Å². The summed E-state index contributed by atoms with van der Waals surface area (Å²) >= 11 is 0. The highest BCUT2D eigenvalue weighted by molar-refractivity contribution is 5.71. The first-order valence-corrected chi connectivity index (χ1v) is 9.83. The number of benzene rings is 2. The molecule has 3 rings (SSSR count). The van der Waals surface area contributed by atoms with Gasteiger partial charge in [0.1, 0.15) is 18.1 Å². The third-order valence-electron chi connectivity index (χ3n) is 5.26. The van der Waals surface area contributed by atoms with Crippen molar-refractivity contribution in [1.82, 2.24) is 0 Å². The molecule has 0 N–H and O–H groups in total. The second kappa shape index (κ2) is 10.1. The summed E-state index contributed by atoms with van der Waals surface area (Å²) in [4.78, 5) is 13.2. The SMILES string of the molecule is COC(=O)CC1CC(C(F)(F)F)CN1c1ccc(OCc2ccccc2OC(F)F)cc1. The monoisotopic (exact) mass is 459 g/mol. The van der Waals surface area contributed by atoms with Crippen molar-refractivity contribution in [2.24, 2.45) is 5.92 Å². The second-order valence-electron chi connectivity index (χ2n) is 7.33. The Hall–Kier alpha value is -3.04. The Morgan fingerprint density at radius 1 is 1.12 bits per heavy atom. The van der Waals surface area contributed by atoms with Crippen LogP contribution in [-0.4, -0.2) is 38.5 Å². The molecule has 1 heterocycles. The first-order valence-electron chi connectivity index (χ1n) is 9.83. The number of para-hydroxylation sites is 1. The van der Waals surface area contributed by atoms with Gasteiger partial charge in [-0.05, 0) is 36.8 Å². The third-order valence-corrected chi connectivity index (χ3v) is 5.26. The molecule has 2 aromatic rings. The minimum absolute atomic E-state index is 0.0000291. The molecule has 5 nitrogen and oxygen atoms in total. The minimum atomic E-state index is -4.36. The summed E-state index contributed by atoms with van der Waals surface area (Å²) in [7, 11) is 1.19. The van der Waals surface area contributed by atoms with Crippen LogP contribution < -0.4 is 14.4 Å². The topological polar surface area (TPSA) is 48.0 Å². The van der Waals surface area contributed by atoms with E-state index < -0.39 is 30.7 Å².